The van der Waals surface area contributed by atoms with E-state index < -0.39 is 35.2 Å². The number of aryl methyl sites for hydroxylation is 2. The molecule has 2 aromatic carbocycles. The van der Waals surface area contributed by atoms with Crippen molar-refractivity contribution in [3.8, 4) is 0 Å². The van der Waals surface area contributed by atoms with E-state index in [-0.39, 0.29) is 36.3 Å². The second-order valence-electron chi connectivity index (χ2n) is 20.6. The summed E-state index contributed by atoms with van der Waals surface area (Å²) in [5, 5.41) is 39.3. The van der Waals surface area contributed by atoms with Gasteiger partial charge in [0.2, 0.25) is 0 Å². The first-order chi connectivity index (χ1) is 28.3. The van der Waals surface area contributed by atoms with Crippen LogP contribution < -0.4 is 0 Å². The van der Waals surface area contributed by atoms with Crippen LogP contribution in [0.5, 0.6) is 0 Å². The van der Waals surface area contributed by atoms with Gasteiger partial charge in [-0.15, -0.1) is 0 Å². The van der Waals surface area contributed by atoms with Gasteiger partial charge in [-0.05, 0) is 167 Å². The highest BCUT2D eigenvalue weighted by atomic mass is 16.5. The van der Waals surface area contributed by atoms with Gasteiger partial charge in [-0.3, -0.25) is 4.79 Å². The highest BCUT2D eigenvalue weighted by Gasteiger charge is 2.74. The Kier molecular flexibility index (Phi) is 13.9. The summed E-state index contributed by atoms with van der Waals surface area (Å²) >= 11 is 0. The predicted molar refractivity (Wildman–Crippen MR) is 232 cm³/mol. The average molecular weight is 811 g/mol. The number of carbonyl (C=O) groups excluding carboxylic acids is 2. The summed E-state index contributed by atoms with van der Waals surface area (Å²) in [6, 6.07) is 21.4. The van der Waals surface area contributed by atoms with Crippen LogP contribution in [0.3, 0.4) is 0 Å². The minimum atomic E-state index is -1.48. The first kappa shape index (κ1) is 44.1. The third-order valence-corrected chi connectivity index (χ3v) is 17.1. The van der Waals surface area contributed by atoms with Gasteiger partial charge in [0.25, 0.3) is 0 Å². The van der Waals surface area contributed by atoms with Crippen LogP contribution in [-0.4, -0.2) is 57.8 Å². The number of carbonyl (C=O) groups is 2. The fourth-order valence-electron chi connectivity index (χ4n) is 13.9. The third-order valence-electron chi connectivity index (χ3n) is 17.1. The fourth-order valence-corrected chi connectivity index (χ4v) is 13.9. The van der Waals surface area contributed by atoms with Crippen LogP contribution in [0.4, 0.5) is 0 Å². The lowest BCUT2D eigenvalue weighted by Gasteiger charge is -2.70. The van der Waals surface area contributed by atoms with Gasteiger partial charge in [0, 0.05) is 18.9 Å². The molecule has 10 atom stereocenters. The summed E-state index contributed by atoms with van der Waals surface area (Å²) in [5.41, 5.74) is 0.767. The predicted octanol–water partition coefficient (Wildman–Crippen LogP) is 10.1. The van der Waals surface area contributed by atoms with Gasteiger partial charge in [-0.25, -0.2) is 4.79 Å². The number of esters is 2. The monoisotopic (exact) mass is 811 g/mol. The molecule has 7 heteroatoms. The Balaban J connectivity index is 1.16. The van der Waals surface area contributed by atoms with E-state index in [9.17, 15) is 24.9 Å². The molecule has 7 nitrogen and oxygen atoms in total. The van der Waals surface area contributed by atoms with E-state index in [4.69, 9.17) is 9.47 Å². The van der Waals surface area contributed by atoms with Crippen molar-refractivity contribution in [3.63, 3.8) is 0 Å². The Bertz CT molecular complexity index is 1730. The lowest BCUT2D eigenvalue weighted by Crippen LogP contribution is -2.77. The normalized spacial score (nSPS) is 36.7. The van der Waals surface area contributed by atoms with Crippen molar-refractivity contribution in [2.24, 2.45) is 45.8 Å². The maximum Gasteiger partial charge on any atom is 0.331 e. The molecule has 4 aliphatic carbocycles. The lowest BCUT2D eigenvalue weighted by atomic mass is 9.37. The first-order valence-corrected chi connectivity index (χ1v) is 23.5. The Morgan fingerprint density at radius 3 is 2.20 bits per heavy atom. The largest absolute Gasteiger partial charge is 0.462 e. The van der Waals surface area contributed by atoms with Crippen molar-refractivity contribution >= 4 is 11.9 Å². The lowest BCUT2D eigenvalue weighted by molar-refractivity contribution is -0.327. The number of benzene rings is 2. The first-order valence-electron chi connectivity index (χ1n) is 23.5. The van der Waals surface area contributed by atoms with Crippen LogP contribution >= 0.6 is 0 Å². The average Bonchev–Trinajstić information content (AvgIpc) is 3.84. The minimum Gasteiger partial charge on any atom is -0.462 e. The van der Waals surface area contributed by atoms with E-state index >= 15 is 0 Å². The van der Waals surface area contributed by atoms with Crippen LogP contribution in [-0.2, 0) is 31.9 Å². The molecule has 4 fully saturated rings. The highest BCUT2D eigenvalue weighted by molar-refractivity contribution is 5.85. The summed E-state index contributed by atoms with van der Waals surface area (Å²) in [5.74, 6) is -0.115. The SMILES string of the molecule is CC(=O)O[C@@H]1C[C@H](C)[C@](O)(CCC2=CC(=O)OC2)[C@]2([C@@H](O)CC[C@H](C)CCCc3ccccc3)C1[C@](C)(C1CCC3(CC1)CC[C@@H](CCc1ccccc1)C3)CC[C@@H]2O. The van der Waals surface area contributed by atoms with Gasteiger partial charge in [-0.1, -0.05) is 87.9 Å². The summed E-state index contributed by atoms with van der Waals surface area (Å²) in [6.07, 6.45) is 16.5. The smallest absolute Gasteiger partial charge is 0.331 e. The van der Waals surface area contributed by atoms with Crippen molar-refractivity contribution in [1.82, 2.24) is 0 Å². The molecule has 4 saturated carbocycles. The minimum absolute atomic E-state index is 0.204. The van der Waals surface area contributed by atoms with Gasteiger partial charge < -0.3 is 24.8 Å². The number of fused-ring (bicyclic) bond motifs is 1. The molecule has 1 spiro atoms. The molecule has 1 heterocycles. The standard InChI is InChI=1S/C52H74O7/c1-36(12-11-17-39-13-7-5-8-14-39)18-21-45(54)52-46(55)26-27-49(4,43-24-29-50(30-25-43)28-22-41(34-50)20-19-40-15-9-6-10-16-40)48(52)44(59-38(3)53)32-37(2)51(52,57)31-23-42-33-47(56)58-35-42/h5-10,13-16,33,36-37,41,43-46,48,54-55,57H,11-12,17-32,34-35H2,1-4H3/t36-,37+,41-,43?,44-,45+,46+,48?,49+,50?,51-,52+/m1/s1. The number of aliphatic hydroxyl groups is 3. The Morgan fingerprint density at radius 1 is 0.898 bits per heavy atom. The summed E-state index contributed by atoms with van der Waals surface area (Å²) in [6.45, 7) is 8.30. The van der Waals surface area contributed by atoms with Crippen molar-refractivity contribution < 1.29 is 34.4 Å². The van der Waals surface area contributed by atoms with Crippen molar-refractivity contribution in [2.75, 3.05) is 6.61 Å². The molecule has 3 N–H and O–H groups in total. The molecule has 59 heavy (non-hydrogen) atoms. The van der Waals surface area contributed by atoms with E-state index in [1.165, 1.54) is 62.7 Å². The van der Waals surface area contributed by atoms with Gasteiger partial charge in [0.05, 0.1) is 23.2 Å². The van der Waals surface area contributed by atoms with Gasteiger partial charge in [0.15, 0.2) is 0 Å². The molecular formula is C52H74O7. The fraction of sp³-hybridized carbons (Fsp3) is 0.692. The van der Waals surface area contributed by atoms with E-state index in [0.29, 0.717) is 42.9 Å². The van der Waals surface area contributed by atoms with Gasteiger partial charge in [-0.2, -0.15) is 0 Å². The van der Waals surface area contributed by atoms with E-state index in [1.54, 1.807) is 0 Å². The summed E-state index contributed by atoms with van der Waals surface area (Å²) < 4.78 is 11.6. The van der Waals surface area contributed by atoms with Gasteiger partial charge >= 0.3 is 11.9 Å². The van der Waals surface area contributed by atoms with Crippen LogP contribution in [0.1, 0.15) is 148 Å². The zero-order chi connectivity index (χ0) is 41.8. The van der Waals surface area contributed by atoms with Crippen molar-refractivity contribution in [2.45, 2.75) is 174 Å². The molecule has 0 aromatic heterocycles. The highest BCUT2D eigenvalue weighted by Crippen LogP contribution is 2.70. The molecule has 1 unspecified atom stereocenters. The molecule has 0 saturated heterocycles. The Morgan fingerprint density at radius 2 is 1.56 bits per heavy atom. The summed E-state index contributed by atoms with van der Waals surface area (Å²) in [4.78, 5) is 25.2. The van der Waals surface area contributed by atoms with E-state index in [2.05, 4.69) is 68.4 Å². The van der Waals surface area contributed by atoms with Crippen LogP contribution in [0.15, 0.2) is 72.3 Å². The second-order valence-corrected chi connectivity index (χ2v) is 20.6. The van der Waals surface area contributed by atoms with Crippen LogP contribution in [0.25, 0.3) is 0 Å². The molecule has 0 radical (unpaired) electrons. The molecule has 7 rings (SSSR count). The number of cyclic esters (lactones) is 1. The maximum absolute atomic E-state index is 13.6. The zero-order valence-corrected chi connectivity index (χ0v) is 36.6. The molecule has 324 valence electrons. The molecule has 2 aromatic rings. The van der Waals surface area contributed by atoms with E-state index in [0.717, 1.165) is 62.9 Å². The van der Waals surface area contributed by atoms with Crippen molar-refractivity contribution in [1.29, 1.82) is 0 Å². The maximum atomic E-state index is 13.6. The number of ether oxygens (including phenoxy) is 2. The van der Waals surface area contributed by atoms with Gasteiger partial charge in [0.1, 0.15) is 12.7 Å². The number of hydrogen-bond donors (Lipinski definition) is 3. The summed E-state index contributed by atoms with van der Waals surface area (Å²) in [7, 11) is 0. The number of aliphatic hydroxyl groups excluding tert-OH is 2. The zero-order valence-electron chi connectivity index (χ0n) is 36.6. The van der Waals surface area contributed by atoms with Crippen molar-refractivity contribution in [3.05, 3.63) is 83.4 Å². The molecule has 1 aliphatic heterocycles. The Hall–Kier alpha value is -3.00. The van der Waals surface area contributed by atoms with E-state index in [1.807, 2.05) is 13.0 Å². The molecular weight excluding hydrogens is 737 g/mol. The Labute approximate surface area is 354 Å². The van der Waals surface area contributed by atoms with Crippen LogP contribution in [0, 0.1) is 45.8 Å². The second kappa shape index (κ2) is 18.5. The van der Waals surface area contributed by atoms with Crippen LogP contribution in [0.2, 0.25) is 0 Å². The third kappa shape index (κ3) is 9.14. The molecule has 5 aliphatic rings. The molecule has 0 amide bonds. The molecule has 0 bridgehead atoms. The topological polar surface area (TPSA) is 113 Å². The number of rotatable bonds is 16. The quantitative estimate of drug-likeness (QED) is 0.145. The number of hydrogen-bond acceptors (Lipinski definition) is 7.